The summed E-state index contributed by atoms with van der Waals surface area (Å²) in [7, 11) is -7.80. The molecule has 8 nitrogen and oxygen atoms in total. The predicted molar refractivity (Wildman–Crippen MR) is 54.3 cm³/mol. The van der Waals surface area contributed by atoms with Crippen molar-refractivity contribution >= 4 is 18.7 Å². The molecule has 1 saturated heterocycles. The molecule has 1 fully saturated rings. The molecule has 0 bridgehead atoms. The highest BCUT2D eigenvalue weighted by Gasteiger charge is 1.93. The zero-order chi connectivity index (χ0) is 12.3. The normalized spacial score (nSPS) is 15.8. The van der Waals surface area contributed by atoms with Crippen LogP contribution in [-0.4, -0.2) is 40.4 Å². The highest BCUT2D eigenvalue weighted by Crippen LogP contribution is 1.98. The fourth-order valence-corrected chi connectivity index (χ4v) is 0.802. The third-order valence-corrected chi connectivity index (χ3v) is 1.21. The minimum atomic E-state index is -4.67. The SMILES string of the molecule is C1CCNCC1.O=S(=O)(O)O.O=[PH](O)O. The van der Waals surface area contributed by atoms with Gasteiger partial charge in [0.25, 0.3) is 0 Å². The van der Waals surface area contributed by atoms with Gasteiger partial charge >= 0.3 is 18.7 Å². The van der Waals surface area contributed by atoms with Gasteiger partial charge in [-0.25, -0.2) is 0 Å². The van der Waals surface area contributed by atoms with Gasteiger partial charge in [-0.05, 0) is 25.9 Å². The van der Waals surface area contributed by atoms with Crippen LogP contribution in [0.4, 0.5) is 0 Å². The summed E-state index contributed by atoms with van der Waals surface area (Å²) in [5.41, 5.74) is 0. The van der Waals surface area contributed by atoms with E-state index in [1.54, 1.807) is 0 Å². The lowest BCUT2D eigenvalue weighted by atomic mass is 10.2. The summed E-state index contributed by atoms with van der Waals surface area (Å²) in [4.78, 5) is 14.3. The lowest BCUT2D eigenvalue weighted by molar-refractivity contribution is 0.380. The number of nitrogens with one attached hydrogen (secondary N) is 1. The van der Waals surface area contributed by atoms with E-state index in [0.29, 0.717) is 0 Å². The maximum absolute atomic E-state index is 8.74. The van der Waals surface area contributed by atoms with Gasteiger partial charge in [0.1, 0.15) is 0 Å². The lowest BCUT2D eigenvalue weighted by Crippen LogP contribution is -2.21. The first kappa shape index (κ1) is 17.4. The zero-order valence-corrected chi connectivity index (χ0v) is 9.77. The van der Waals surface area contributed by atoms with E-state index in [-0.39, 0.29) is 0 Å². The van der Waals surface area contributed by atoms with E-state index < -0.39 is 18.7 Å². The number of rotatable bonds is 0. The second-order valence-corrected chi connectivity index (χ2v) is 4.00. The summed E-state index contributed by atoms with van der Waals surface area (Å²) in [5.74, 6) is 0. The average Bonchev–Trinajstić information content (AvgIpc) is 2.03. The van der Waals surface area contributed by atoms with E-state index in [2.05, 4.69) is 5.32 Å². The minimum Gasteiger partial charge on any atom is -0.326 e. The molecule has 0 amide bonds. The summed E-state index contributed by atoms with van der Waals surface area (Å²) < 4.78 is 40.3. The molecule has 5 N–H and O–H groups in total. The molecule has 15 heavy (non-hydrogen) atoms. The van der Waals surface area contributed by atoms with Gasteiger partial charge < -0.3 is 15.1 Å². The third kappa shape index (κ3) is 56.1. The smallest absolute Gasteiger partial charge is 0.326 e. The Labute approximate surface area is 88.9 Å². The van der Waals surface area contributed by atoms with Gasteiger partial charge in [-0.15, -0.1) is 0 Å². The van der Waals surface area contributed by atoms with Gasteiger partial charge in [0.2, 0.25) is 0 Å². The second-order valence-electron chi connectivity index (χ2n) is 2.54. The first-order valence-corrected chi connectivity index (χ1v) is 6.76. The molecular formula is C5H16NO7PS. The van der Waals surface area contributed by atoms with Crippen molar-refractivity contribution in [2.24, 2.45) is 0 Å². The van der Waals surface area contributed by atoms with Crippen LogP contribution in [0.5, 0.6) is 0 Å². The second kappa shape index (κ2) is 10.5. The van der Waals surface area contributed by atoms with E-state index in [4.69, 9.17) is 31.9 Å². The Morgan fingerprint density at radius 2 is 1.27 bits per heavy atom. The van der Waals surface area contributed by atoms with Crippen LogP contribution in [0.15, 0.2) is 0 Å². The molecule has 0 unspecified atom stereocenters. The molecule has 0 atom stereocenters. The topological polar surface area (TPSA) is 144 Å². The molecule has 0 aromatic carbocycles. The van der Waals surface area contributed by atoms with E-state index in [1.807, 2.05) is 0 Å². The zero-order valence-electron chi connectivity index (χ0n) is 7.96. The Hall–Kier alpha value is -0.0200. The first-order chi connectivity index (χ1) is 6.73. The minimum absolute atomic E-state index is 1.25. The first-order valence-electron chi connectivity index (χ1n) is 4.06. The summed E-state index contributed by atoms with van der Waals surface area (Å²) in [6.45, 7) is 2.50. The van der Waals surface area contributed by atoms with E-state index in [1.165, 1.54) is 32.4 Å². The molecule has 0 aromatic heterocycles. The molecular weight excluding hydrogens is 249 g/mol. The molecule has 1 heterocycles. The van der Waals surface area contributed by atoms with Gasteiger partial charge in [0.05, 0.1) is 0 Å². The Morgan fingerprint density at radius 1 is 1.00 bits per heavy atom. The van der Waals surface area contributed by atoms with Gasteiger partial charge in [-0.2, -0.15) is 8.42 Å². The monoisotopic (exact) mass is 265 g/mol. The average molecular weight is 265 g/mol. The van der Waals surface area contributed by atoms with Crippen molar-refractivity contribution in [1.82, 2.24) is 5.32 Å². The maximum atomic E-state index is 8.74. The van der Waals surface area contributed by atoms with Crippen LogP contribution in [0.1, 0.15) is 19.3 Å². The van der Waals surface area contributed by atoms with Crippen molar-refractivity contribution in [3.8, 4) is 0 Å². The van der Waals surface area contributed by atoms with E-state index in [0.717, 1.165) is 0 Å². The van der Waals surface area contributed by atoms with Crippen molar-refractivity contribution in [1.29, 1.82) is 0 Å². The summed E-state index contributed by atoms with van der Waals surface area (Å²) in [6, 6.07) is 0. The summed E-state index contributed by atoms with van der Waals surface area (Å²) in [6.07, 6.45) is 4.22. The predicted octanol–water partition coefficient (Wildman–Crippen LogP) is -0.532. The van der Waals surface area contributed by atoms with Crippen LogP contribution in [0.25, 0.3) is 0 Å². The van der Waals surface area contributed by atoms with Crippen molar-refractivity contribution < 1.29 is 31.9 Å². The highest BCUT2D eigenvalue weighted by molar-refractivity contribution is 7.79. The number of hydrogen-bond acceptors (Lipinski definition) is 4. The fraction of sp³-hybridized carbons (Fsp3) is 1.00. The van der Waals surface area contributed by atoms with Crippen molar-refractivity contribution in [2.75, 3.05) is 13.1 Å². The molecule has 1 aliphatic heterocycles. The Kier molecular flexibility index (Phi) is 12.2. The molecule has 10 heteroatoms. The van der Waals surface area contributed by atoms with Crippen LogP contribution < -0.4 is 5.32 Å². The number of hydrogen-bond donors (Lipinski definition) is 5. The van der Waals surface area contributed by atoms with Crippen LogP contribution in [0.2, 0.25) is 0 Å². The Morgan fingerprint density at radius 3 is 1.33 bits per heavy atom. The molecule has 1 aliphatic rings. The summed E-state index contributed by atoms with van der Waals surface area (Å²) >= 11 is 0. The van der Waals surface area contributed by atoms with Crippen molar-refractivity contribution in [3.63, 3.8) is 0 Å². The molecule has 0 aromatic rings. The van der Waals surface area contributed by atoms with Crippen LogP contribution in [-0.2, 0) is 15.0 Å². The molecule has 0 radical (unpaired) electrons. The fourth-order valence-electron chi connectivity index (χ4n) is 0.802. The maximum Gasteiger partial charge on any atom is 0.394 e. The van der Waals surface area contributed by atoms with Crippen molar-refractivity contribution in [3.05, 3.63) is 0 Å². The molecule has 94 valence electrons. The Bertz CT molecular complexity index is 227. The quantitative estimate of drug-likeness (QED) is 0.290. The molecule has 0 aliphatic carbocycles. The molecule has 0 spiro atoms. The van der Waals surface area contributed by atoms with Crippen LogP contribution in [0, 0.1) is 0 Å². The third-order valence-electron chi connectivity index (χ3n) is 1.21. The Balaban J connectivity index is 0. The van der Waals surface area contributed by atoms with Gasteiger partial charge in [0.15, 0.2) is 0 Å². The van der Waals surface area contributed by atoms with Gasteiger partial charge in [-0.1, -0.05) is 6.42 Å². The molecule has 1 rings (SSSR count). The van der Waals surface area contributed by atoms with Gasteiger partial charge in [-0.3, -0.25) is 13.7 Å². The van der Waals surface area contributed by atoms with E-state index >= 15 is 0 Å². The van der Waals surface area contributed by atoms with Crippen LogP contribution in [0.3, 0.4) is 0 Å². The van der Waals surface area contributed by atoms with Crippen molar-refractivity contribution in [2.45, 2.75) is 19.3 Å². The largest absolute Gasteiger partial charge is 0.394 e. The van der Waals surface area contributed by atoms with E-state index in [9.17, 15) is 0 Å². The van der Waals surface area contributed by atoms with Gasteiger partial charge in [0, 0.05) is 0 Å². The molecule has 0 saturated carbocycles. The lowest BCUT2D eigenvalue weighted by Gasteiger charge is -2.08. The highest BCUT2D eigenvalue weighted by atomic mass is 32.3. The number of piperidine rings is 1. The summed E-state index contributed by atoms with van der Waals surface area (Å²) in [5, 5.41) is 3.28. The van der Waals surface area contributed by atoms with Crippen LogP contribution >= 0.6 is 8.25 Å². The standard InChI is InChI=1S/C5H11N.H2O4S.H3O3P/c1-2-4-6-5-3-1;1-5(2,3)4;1-4(2)3/h6H,1-5H2;(H2,1,2,3,4);4H,(H2,1,2,3).